The molecule has 0 aliphatic carbocycles. The van der Waals surface area contributed by atoms with Crippen LogP contribution < -0.4 is 14.8 Å². The fraction of sp³-hybridized carbons (Fsp3) is 0.462. The van der Waals surface area contributed by atoms with E-state index in [0.717, 1.165) is 23.1 Å². The summed E-state index contributed by atoms with van der Waals surface area (Å²) in [6.45, 7) is 8.19. The molecule has 1 N–H and O–H groups in total. The van der Waals surface area contributed by atoms with Crippen LogP contribution >= 0.6 is 0 Å². The number of nitrogens with zero attached hydrogens (tertiary/aromatic N) is 1. The molecule has 0 fully saturated rings. The molecular formula is C26H36N2O4. The number of ether oxygens (including phenoxy) is 2. The average Bonchev–Trinajstić information content (AvgIpc) is 2.81. The number of rotatable bonds is 11. The second kappa shape index (κ2) is 12.1. The first kappa shape index (κ1) is 25.2. The van der Waals surface area contributed by atoms with E-state index in [1.165, 1.54) is 0 Å². The van der Waals surface area contributed by atoms with Crippen LogP contribution in [0.15, 0.2) is 42.5 Å². The fourth-order valence-electron chi connectivity index (χ4n) is 3.37. The lowest BCUT2D eigenvalue weighted by molar-refractivity contribution is -0.140. The lowest BCUT2D eigenvalue weighted by Gasteiger charge is -2.30. The first-order chi connectivity index (χ1) is 15.3. The Kier molecular flexibility index (Phi) is 9.57. The zero-order chi connectivity index (χ0) is 23.7. The van der Waals surface area contributed by atoms with E-state index in [2.05, 4.69) is 5.32 Å². The van der Waals surface area contributed by atoms with Gasteiger partial charge in [-0.05, 0) is 56.9 Å². The summed E-state index contributed by atoms with van der Waals surface area (Å²) in [5.41, 5.74) is 3.13. The van der Waals surface area contributed by atoms with Gasteiger partial charge in [-0.2, -0.15) is 0 Å². The van der Waals surface area contributed by atoms with Crippen LogP contribution in [0.5, 0.6) is 11.5 Å². The zero-order valence-electron chi connectivity index (χ0n) is 20.1. The topological polar surface area (TPSA) is 67.9 Å². The van der Waals surface area contributed by atoms with E-state index in [1.54, 1.807) is 26.0 Å². The molecule has 2 aromatic carbocycles. The van der Waals surface area contributed by atoms with Crippen LogP contribution in [0.3, 0.4) is 0 Å². The number of carbonyl (C=O) groups is 2. The van der Waals surface area contributed by atoms with Crippen molar-refractivity contribution in [3.05, 3.63) is 59.2 Å². The van der Waals surface area contributed by atoms with E-state index in [1.807, 2.05) is 63.2 Å². The molecule has 174 valence electrons. The number of hydrogen-bond donors (Lipinski definition) is 1. The lowest BCUT2D eigenvalue weighted by atomic mass is 10.1. The van der Waals surface area contributed by atoms with E-state index in [-0.39, 0.29) is 17.9 Å². The molecule has 2 amide bonds. The first-order valence-corrected chi connectivity index (χ1v) is 11.1. The van der Waals surface area contributed by atoms with Crippen LogP contribution in [0, 0.1) is 6.92 Å². The predicted molar refractivity (Wildman–Crippen MR) is 127 cm³/mol. The maximum Gasteiger partial charge on any atom is 0.242 e. The van der Waals surface area contributed by atoms with Gasteiger partial charge in [0.2, 0.25) is 11.8 Å². The molecule has 6 nitrogen and oxygen atoms in total. The highest BCUT2D eigenvalue weighted by Gasteiger charge is 2.26. The van der Waals surface area contributed by atoms with Gasteiger partial charge in [-0.1, -0.05) is 42.8 Å². The van der Waals surface area contributed by atoms with E-state index >= 15 is 0 Å². The Balaban J connectivity index is 2.17. The smallest absolute Gasteiger partial charge is 0.242 e. The Morgan fingerprint density at radius 2 is 1.59 bits per heavy atom. The molecule has 32 heavy (non-hydrogen) atoms. The van der Waals surface area contributed by atoms with Crippen molar-refractivity contribution in [2.45, 2.75) is 65.6 Å². The number of amides is 2. The Morgan fingerprint density at radius 3 is 2.19 bits per heavy atom. The molecule has 0 aromatic heterocycles. The van der Waals surface area contributed by atoms with Crippen LogP contribution in [-0.4, -0.2) is 43.0 Å². The second-order valence-corrected chi connectivity index (χ2v) is 8.19. The van der Waals surface area contributed by atoms with Crippen molar-refractivity contribution in [1.82, 2.24) is 10.2 Å². The lowest BCUT2D eigenvalue weighted by Crippen LogP contribution is -2.49. The molecule has 6 heteroatoms. The van der Waals surface area contributed by atoms with E-state index in [4.69, 9.17) is 9.47 Å². The predicted octanol–water partition coefficient (Wildman–Crippen LogP) is 4.28. The summed E-state index contributed by atoms with van der Waals surface area (Å²) >= 11 is 0. The molecule has 0 heterocycles. The minimum absolute atomic E-state index is 0.0628. The van der Waals surface area contributed by atoms with E-state index in [0.29, 0.717) is 30.9 Å². The van der Waals surface area contributed by atoms with E-state index < -0.39 is 6.04 Å². The minimum atomic E-state index is -0.566. The minimum Gasteiger partial charge on any atom is -0.493 e. The number of carbonyl (C=O) groups excluding carboxylic acids is 2. The highest BCUT2D eigenvalue weighted by atomic mass is 16.5. The number of hydrogen-bond acceptors (Lipinski definition) is 4. The van der Waals surface area contributed by atoms with Crippen LogP contribution in [0.2, 0.25) is 0 Å². The molecule has 0 aliphatic rings. The largest absolute Gasteiger partial charge is 0.493 e. The van der Waals surface area contributed by atoms with Gasteiger partial charge in [-0.25, -0.2) is 0 Å². The monoisotopic (exact) mass is 440 g/mol. The molecule has 0 unspecified atom stereocenters. The number of benzene rings is 2. The van der Waals surface area contributed by atoms with Gasteiger partial charge in [0.25, 0.3) is 0 Å². The van der Waals surface area contributed by atoms with Gasteiger partial charge in [0.05, 0.1) is 14.2 Å². The number of methoxy groups -OCH3 is 2. The molecule has 2 rings (SSSR count). The van der Waals surface area contributed by atoms with Gasteiger partial charge < -0.3 is 19.7 Å². The SMILES string of the molecule is CC[C@H](C)NC(=O)[C@@H](C)N(Cc1ccc(C)cc1)C(=O)CCc1ccc(OC)c(OC)c1. The molecule has 0 saturated carbocycles. The standard InChI is InChI=1S/C26H36N2O4/c1-7-19(3)27-26(30)20(4)28(17-22-10-8-18(2)9-11-22)25(29)15-13-21-12-14-23(31-5)24(16-21)32-6/h8-12,14,16,19-20H,7,13,15,17H2,1-6H3,(H,27,30)/t19-,20+/m0/s1. The molecular weight excluding hydrogens is 404 g/mol. The maximum absolute atomic E-state index is 13.3. The van der Waals surface area contributed by atoms with Gasteiger partial charge in [-0.3, -0.25) is 9.59 Å². The Bertz CT molecular complexity index is 895. The highest BCUT2D eigenvalue weighted by Crippen LogP contribution is 2.28. The second-order valence-electron chi connectivity index (χ2n) is 8.19. The quantitative estimate of drug-likeness (QED) is 0.566. The molecule has 0 spiro atoms. The van der Waals surface area contributed by atoms with Gasteiger partial charge in [0, 0.05) is 19.0 Å². The Hall–Kier alpha value is -3.02. The summed E-state index contributed by atoms with van der Waals surface area (Å²) in [4.78, 5) is 27.7. The third-order valence-corrected chi connectivity index (χ3v) is 5.72. The van der Waals surface area contributed by atoms with Crippen LogP contribution in [0.1, 0.15) is 50.3 Å². The first-order valence-electron chi connectivity index (χ1n) is 11.1. The molecule has 0 radical (unpaired) electrons. The van der Waals surface area contributed by atoms with Gasteiger partial charge in [-0.15, -0.1) is 0 Å². The Morgan fingerprint density at radius 1 is 0.969 bits per heavy atom. The summed E-state index contributed by atoms with van der Waals surface area (Å²) in [6.07, 6.45) is 1.68. The number of aryl methyl sites for hydroxylation is 2. The average molecular weight is 441 g/mol. The summed E-state index contributed by atoms with van der Waals surface area (Å²) in [7, 11) is 3.18. The zero-order valence-corrected chi connectivity index (χ0v) is 20.1. The van der Waals surface area contributed by atoms with Crippen molar-refractivity contribution in [2.24, 2.45) is 0 Å². The van der Waals surface area contributed by atoms with Crippen LogP contribution in [0.25, 0.3) is 0 Å². The molecule has 0 bridgehead atoms. The van der Waals surface area contributed by atoms with Crippen molar-refractivity contribution in [1.29, 1.82) is 0 Å². The van der Waals surface area contributed by atoms with Crippen LogP contribution in [0.4, 0.5) is 0 Å². The molecule has 0 aliphatic heterocycles. The van der Waals surface area contributed by atoms with E-state index in [9.17, 15) is 9.59 Å². The van der Waals surface area contributed by atoms with Gasteiger partial charge in [0.15, 0.2) is 11.5 Å². The van der Waals surface area contributed by atoms with Gasteiger partial charge >= 0.3 is 0 Å². The number of nitrogens with one attached hydrogen (secondary N) is 1. The summed E-state index contributed by atoms with van der Waals surface area (Å²) in [5.74, 6) is 1.09. The maximum atomic E-state index is 13.3. The van der Waals surface area contributed by atoms with Crippen LogP contribution in [-0.2, 0) is 22.6 Å². The van der Waals surface area contributed by atoms with Crippen molar-refractivity contribution in [3.63, 3.8) is 0 Å². The fourth-order valence-corrected chi connectivity index (χ4v) is 3.37. The highest BCUT2D eigenvalue weighted by molar-refractivity contribution is 5.87. The normalized spacial score (nSPS) is 12.6. The summed E-state index contributed by atoms with van der Waals surface area (Å²) in [5, 5.41) is 3.00. The molecule has 0 saturated heterocycles. The van der Waals surface area contributed by atoms with Gasteiger partial charge in [0.1, 0.15) is 6.04 Å². The van der Waals surface area contributed by atoms with Crippen molar-refractivity contribution in [2.75, 3.05) is 14.2 Å². The molecule has 2 atom stereocenters. The third kappa shape index (κ3) is 7.01. The van der Waals surface area contributed by atoms with Crippen molar-refractivity contribution >= 4 is 11.8 Å². The third-order valence-electron chi connectivity index (χ3n) is 5.72. The summed E-state index contributed by atoms with van der Waals surface area (Å²) in [6, 6.07) is 13.2. The van der Waals surface area contributed by atoms with Crippen molar-refractivity contribution < 1.29 is 19.1 Å². The molecule has 2 aromatic rings. The Labute approximate surface area is 191 Å². The summed E-state index contributed by atoms with van der Waals surface area (Å²) < 4.78 is 10.6. The van der Waals surface area contributed by atoms with Crippen molar-refractivity contribution in [3.8, 4) is 11.5 Å².